The molecule has 1 unspecified atom stereocenters. The summed E-state index contributed by atoms with van der Waals surface area (Å²) < 4.78 is 16.0. The van der Waals surface area contributed by atoms with E-state index in [1.54, 1.807) is 14.2 Å². The van der Waals surface area contributed by atoms with E-state index in [1.807, 2.05) is 6.92 Å². The van der Waals surface area contributed by atoms with Crippen LogP contribution in [0.3, 0.4) is 0 Å². The lowest BCUT2D eigenvalue weighted by molar-refractivity contribution is 0.0944. The van der Waals surface area contributed by atoms with E-state index in [2.05, 4.69) is 0 Å². The molecule has 0 aliphatic heterocycles. The van der Waals surface area contributed by atoms with Gasteiger partial charge in [-0.05, 0) is 13.5 Å². The van der Waals surface area contributed by atoms with Gasteiger partial charge in [0.05, 0.1) is 6.61 Å². The summed E-state index contributed by atoms with van der Waals surface area (Å²) in [6.45, 7) is 2.80. The molecule has 5 nitrogen and oxygen atoms in total. The molecule has 0 radical (unpaired) electrons. The van der Waals surface area contributed by atoms with Gasteiger partial charge in [-0.2, -0.15) is 0 Å². The molecule has 0 aromatic carbocycles. The average Bonchev–Trinajstić information content (AvgIpc) is 2.12. The first-order valence-corrected chi connectivity index (χ1v) is 6.23. The molecule has 0 rings (SSSR count). The Bertz CT molecular complexity index is 131. The highest BCUT2D eigenvalue weighted by atomic mass is 28.4. The SMILES string of the molecule is CO[Si](CCN)(OC)OCC(C)N. The van der Waals surface area contributed by atoms with Crippen LogP contribution in [-0.4, -0.2) is 42.2 Å². The van der Waals surface area contributed by atoms with Gasteiger partial charge in [-0.1, -0.05) is 0 Å². The van der Waals surface area contributed by atoms with Gasteiger partial charge in [-0.3, -0.25) is 0 Å². The van der Waals surface area contributed by atoms with E-state index < -0.39 is 8.80 Å². The number of rotatable bonds is 7. The van der Waals surface area contributed by atoms with Crippen molar-refractivity contribution in [1.29, 1.82) is 0 Å². The summed E-state index contributed by atoms with van der Waals surface area (Å²) in [6, 6.07) is 0.599. The Kier molecular flexibility index (Phi) is 6.48. The second-order valence-electron chi connectivity index (χ2n) is 2.92. The van der Waals surface area contributed by atoms with Crippen LogP contribution in [0.2, 0.25) is 6.04 Å². The molecule has 0 saturated heterocycles. The third-order valence-corrected chi connectivity index (χ3v) is 4.39. The molecule has 0 heterocycles. The molecule has 6 heteroatoms. The monoisotopic (exact) mass is 208 g/mol. The first kappa shape index (κ1) is 13.0. The summed E-state index contributed by atoms with van der Waals surface area (Å²) in [5.74, 6) is 0. The van der Waals surface area contributed by atoms with E-state index in [0.717, 1.165) is 0 Å². The van der Waals surface area contributed by atoms with Gasteiger partial charge in [0.2, 0.25) is 0 Å². The van der Waals surface area contributed by atoms with Crippen molar-refractivity contribution in [2.45, 2.75) is 19.0 Å². The van der Waals surface area contributed by atoms with E-state index in [-0.39, 0.29) is 6.04 Å². The Balaban J connectivity index is 4.04. The van der Waals surface area contributed by atoms with E-state index in [1.165, 1.54) is 0 Å². The molecule has 1 atom stereocenters. The molecule has 80 valence electrons. The van der Waals surface area contributed by atoms with Gasteiger partial charge in [0.25, 0.3) is 0 Å². The molecule has 0 aromatic heterocycles. The third kappa shape index (κ3) is 4.70. The molecule has 0 aromatic rings. The predicted octanol–water partition coefficient (Wildman–Crippen LogP) is -0.459. The van der Waals surface area contributed by atoms with Crippen LogP contribution in [0.1, 0.15) is 6.92 Å². The highest BCUT2D eigenvalue weighted by Crippen LogP contribution is 2.12. The molecule has 0 aliphatic rings. The molecule has 0 saturated carbocycles. The Morgan fingerprint density at radius 1 is 1.31 bits per heavy atom. The maximum Gasteiger partial charge on any atom is 0.501 e. The van der Waals surface area contributed by atoms with Crippen LogP contribution in [0.5, 0.6) is 0 Å². The van der Waals surface area contributed by atoms with Crippen molar-refractivity contribution in [3.8, 4) is 0 Å². The predicted molar refractivity (Wildman–Crippen MR) is 53.2 cm³/mol. The van der Waals surface area contributed by atoms with Crippen molar-refractivity contribution in [2.24, 2.45) is 11.5 Å². The van der Waals surface area contributed by atoms with Gasteiger partial charge in [0, 0.05) is 26.3 Å². The average molecular weight is 208 g/mol. The summed E-state index contributed by atoms with van der Waals surface area (Å²) in [5, 5.41) is 0. The molecule has 0 aliphatic carbocycles. The zero-order chi connectivity index (χ0) is 10.3. The topological polar surface area (TPSA) is 79.7 Å². The quantitative estimate of drug-likeness (QED) is 0.553. The van der Waals surface area contributed by atoms with Gasteiger partial charge in [0.15, 0.2) is 0 Å². The fraction of sp³-hybridized carbons (Fsp3) is 1.00. The molecule has 0 amide bonds. The second-order valence-corrected chi connectivity index (χ2v) is 5.89. The summed E-state index contributed by atoms with van der Waals surface area (Å²) in [4.78, 5) is 0. The molecule has 0 bridgehead atoms. The van der Waals surface area contributed by atoms with Crippen molar-refractivity contribution >= 4 is 8.80 Å². The van der Waals surface area contributed by atoms with Crippen molar-refractivity contribution < 1.29 is 13.3 Å². The van der Waals surface area contributed by atoms with Gasteiger partial charge < -0.3 is 24.7 Å². The molecule has 0 fully saturated rings. The minimum Gasteiger partial charge on any atom is -0.377 e. The van der Waals surface area contributed by atoms with Crippen LogP contribution in [0.25, 0.3) is 0 Å². The summed E-state index contributed by atoms with van der Waals surface area (Å²) in [5.41, 5.74) is 11.0. The Labute approximate surface area is 80.7 Å². The zero-order valence-electron chi connectivity index (χ0n) is 8.58. The summed E-state index contributed by atoms with van der Waals surface area (Å²) in [7, 11) is 0.641. The van der Waals surface area contributed by atoms with Crippen molar-refractivity contribution in [3.63, 3.8) is 0 Å². The highest BCUT2D eigenvalue weighted by molar-refractivity contribution is 6.60. The largest absolute Gasteiger partial charge is 0.501 e. The van der Waals surface area contributed by atoms with Gasteiger partial charge in [-0.15, -0.1) is 0 Å². The number of hydrogen-bond donors (Lipinski definition) is 2. The van der Waals surface area contributed by atoms with Crippen LogP contribution in [0.15, 0.2) is 0 Å². The first-order valence-electron chi connectivity index (χ1n) is 4.30. The van der Waals surface area contributed by atoms with Gasteiger partial charge >= 0.3 is 8.80 Å². The smallest absolute Gasteiger partial charge is 0.377 e. The molecular formula is C7H20N2O3Si. The maximum atomic E-state index is 5.56. The van der Waals surface area contributed by atoms with Gasteiger partial charge in [0.1, 0.15) is 0 Å². The number of nitrogens with two attached hydrogens (primary N) is 2. The summed E-state index contributed by atoms with van der Waals surface area (Å²) in [6.07, 6.45) is 0. The fourth-order valence-electron chi connectivity index (χ4n) is 0.913. The van der Waals surface area contributed by atoms with Crippen LogP contribution in [-0.2, 0) is 13.3 Å². The van der Waals surface area contributed by atoms with Crippen molar-refractivity contribution in [2.75, 3.05) is 27.4 Å². The lowest BCUT2D eigenvalue weighted by Crippen LogP contribution is -2.47. The minimum atomic E-state index is -2.51. The third-order valence-electron chi connectivity index (χ3n) is 1.64. The van der Waals surface area contributed by atoms with E-state index >= 15 is 0 Å². The second kappa shape index (κ2) is 6.47. The number of hydrogen-bond acceptors (Lipinski definition) is 5. The maximum absolute atomic E-state index is 5.56. The molecular weight excluding hydrogens is 188 g/mol. The fourth-order valence-corrected chi connectivity index (χ4v) is 2.74. The normalized spacial score (nSPS) is 14.5. The van der Waals surface area contributed by atoms with Gasteiger partial charge in [-0.25, -0.2) is 0 Å². The van der Waals surface area contributed by atoms with Crippen molar-refractivity contribution in [3.05, 3.63) is 0 Å². The van der Waals surface area contributed by atoms with Crippen LogP contribution in [0, 0.1) is 0 Å². The zero-order valence-corrected chi connectivity index (χ0v) is 9.58. The summed E-state index contributed by atoms with van der Waals surface area (Å²) >= 11 is 0. The van der Waals surface area contributed by atoms with E-state index in [9.17, 15) is 0 Å². The Hall–Kier alpha value is 0.0169. The molecule has 4 N–H and O–H groups in total. The Morgan fingerprint density at radius 3 is 2.15 bits per heavy atom. The van der Waals surface area contributed by atoms with E-state index in [4.69, 9.17) is 24.7 Å². The highest BCUT2D eigenvalue weighted by Gasteiger charge is 2.38. The lowest BCUT2D eigenvalue weighted by Gasteiger charge is -2.26. The Morgan fingerprint density at radius 2 is 1.85 bits per heavy atom. The minimum absolute atomic E-state index is 0.0186. The van der Waals surface area contributed by atoms with Crippen LogP contribution < -0.4 is 11.5 Å². The molecule has 13 heavy (non-hydrogen) atoms. The van der Waals surface area contributed by atoms with Crippen molar-refractivity contribution in [1.82, 2.24) is 0 Å². The van der Waals surface area contributed by atoms with Crippen LogP contribution in [0.4, 0.5) is 0 Å². The molecule has 0 spiro atoms. The lowest BCUT2D eigenvalue weighted by atomic mass is 10.4. The standard InChI is InChI=1S/C7H20N2O3Si/c1-7(9)6-12-13(10-2,11-3)5-4-8/h7H,4-6,8-9H2,1-3H3. The van der Waals surface area contributed by atoms with E-state index in [0.29, 0.717) is 19.2 Å². The van der Waals surface area contributed by atoms with Crippen LogP contribution >= 0.6 is 0 Å². The first-order chi connectivity index (χ1) is 6.10.